The highest BCUT2D eigenvalue weighted by Gasteiger charge is 2.12. The van der Waals surface area contributed by atoms with E-state index in [2.05, 4.69) is 6.92 Å². The van der Waals surface area contributed by atoms with E-state index < -0.39 is 17.5 Å². The summed E-state index contributed by atoms with van der Waals surface area (Å²) in [7, 11) is 0. The molecule has 2 aromatic carbocycles. The summed E-state index contributed by atoms with van der Waals surface area (Å²) in [5.41, 5.74) is 0.567. The van der Waals surface area contributed by atoms with Gasteiger partial charge in [0.25, 0.3) is 0 Å². The molecule has 2 rings (SSSR count). The van der Waals surface area contributed by atoms with Crippen LogP contribution in [0.25, 0.3) is 0 Å². The van der Waals surface area contributed by atoms with Gasteiger partial charge in [-0.05, 0) is 18.6 Å². The van der Waals surface area contributed by atoms with Crippen LogP contribution in [0.1, 0.15) is 5.56 Å². The van der Waals surface area contributed by atoms with Gasteiger partial charge < -0.3 is 4.74 Å². The van der Waals surface area contributed by atoms with Crippen molar-refractivity contribution >= 4 is 0 Å². The van der Waals surface area contributed by atoms with Crippen molar-refractivity contribution in [2.45, 2.75) is 0 Å². The number of benzene rings is 2. The van der Waals surface area contributed by atoms with Crippen LogP contribution >= 0.6 is 0 Å². The first-order chi connectivity index (χ1) is 8.08. The van der Waals surface area contributed by atoms with Crippen LogP contribution in [0.4, 0.5) is 13.2 Å². The molecular formula is C13H8F3O. The molecular weight excluding hydrogens is 229 g/mol. The van der Waals surface area contributed by atoms with Gasteiger partial charge in [-0.3, -0.25) is 0 Å². The van der Waals surface area contributed by atoms with Gasteiger partial charge in [0.2, 0.25) is 0 Å². The third kappa shape index (κ3) is 2.41. The molecule has 0 bridgehead atoms. The molecule has 0 aliphatic carbocycles. The number of hydrogen-bond donors (Lipinski definition) is 0. The Morgan fingerprint density at radius 2 is 1.53 bits per heavy atom. The quantitative estimate of drug-likeness (QED) is 0.715. The van der Waals surface area contributed by atoms with Gasteiger partial charge in [0.05, 0.1) is 0 Å². The van der Waals surface area contributed by atoms with Crippen LogP contribution in [-0.2, 0) is 0 Å². The standard InChI is InChI=1S/C13H8F3O/c1-8-4-2-3-5-12(8)17-9-6-10(14)13(16)11(15)7-9/h2-7H,1H2. The second-order valence-corrected chi connectivity index (χ2v) is 3.41. The maximum atomic E-state index is 12.9. The third-order valence-corrected chi connectivity index (χ3v) is 2.16. The van der Waals surface area contributed by atoms with Crippen LogP contribution < -0.4 is 4.74 Å². The molecule has 0 N–H and O–H groups in total. The van der Waals surface area contributed by atoms with Gasteiger partial charge in [0.15, 0.2) is 17.5 Å². The van der Waals surface area contributed by atoms with E-state index in [0.717, 1.165) is 12.1 Å². The number of rotatable bonds is 2. The molecule has 1 radical (unpaired) electrons. The van der Waals surface area contributed by atoms with Crippen LogP contribution in [0.3, 0.4) is 0 Å². The Morgan fingerprint density at radius 1 is 0.941 bits per heavy atom. The smallest absolute Gasteiger partial charge is 0.194 e. The molecule has 0 aliphatic rings. The molecule has 4 heteroatoms. The second kappa shape index (κ2) is 4.49. The van der Waals surface area contributed by atoms with Gasteiger partial charge in [0.1, 0.15) is 11.5 Å². The molecule has 87 valence electrons. The van der Waals surface area contributed by atoms with Crippen LogP contribution in [0.5, 0.6) is 11.5 Å². The van der Waals surface area contributed by atoms with Crippen LogP contribution in [0, 0.1) is 24.4 Å². The molecule has 0 aromatic heterocycles. The molecule has 0 saturated carbocycles. The summed E-state index contributed by atoms with van der Waals surface area (Å²) in [5.74, 6) is -3.85. The summed E-state index contributed by atoms with van der Waals surface area (Å²) in [6.45, 7) is 3.69. The van der Waals surface area contributed by atoms with Crippen molar-refractivity contribution in [1.82, 2.24) is 0 Å². The van der Waals surface area contributed by atoms with Crippen molar-refractivity contribution in [3.05, 3.63) is 66.3 Å². The Bertz CT molecular complexity index is 529. The number of ether oxygens (including phenoxy) is 1. The van der Waals surface area contributed by atoms with E-state index in [4.69, 9.17) is 4.74 Å². The molecule has 0 heterocycles. The van der Waals surface area contributed by atoms with Gasteiger partial charge in [-0.15, -0.1) is 0 Å². The summed E-state index contributed by atoms with van der Waals surface area (Å²) < 4.78 is 43.8. The highest BCUT2D eigenvalue weighted by Crippen LogP contribution is 2.27. The lowest BCUT2D eigenvalue weighted by Crippen LogP contribution is -1.93. The first-order valence-electron chi connectivity index (χ1n) is 4.81. The van der Waals surface area contributed by atoms with Crippen LogP contribution in [0.2, 0.25) is 0 Å². The molecule has 2 aromatic rings. The minimum atomic E-state index is -1.51. The molecule has 0 aliphatic heterocycles. The van der Waals surface area contributed by atoms with Crippen molar-refractivity contribution in [1.29, 1.82) is 0 Å². The molecule has 0 unspecified atom stereocenters. The number of para-hydroxylation sites is 1. The van der Waals surface area contributed by atoms with Crippen molar-refractivity contribution in [2.75, 3.05) is 0 Å². The maximum Gasteiger partial charge on any atom is 0.194 e. The summed E-state index contributed by atoms with van der Waals surface area (Å²) in [6.07, 6.45) is 0. The van der Waals surface area contributed by atoms with Gasteiger partial charge in [-0.1, -0.05) is 18.2 Å². The highest BCUT2D eigenvalue weighted by molar-refractivity contribution is 5.39. The topological polar surface area (TPSA) is 9.23 Å². The molecule has 17 heavy (non-hydrogen) atoms. The third-order valence-electron chi connectivity index (χ3n) is 2.16. The average molecular weight is 237 g/mol. The van der Waals surface area contributed by atoms with E-state index >= 15 is 0 Å². The van der Waals surface area contributed by atoms with E-state index in [9.17, 15) is 13.2 Å². The van der Waals surface area contributed by atoms with Gasteiger partial charge >= 0.3 is 0 Å². The molecule has 0 saturated heterocycles. The SMILES string of the molecule is [CH2]c1ccccc1Oc1cc(F)c(F)c(F)c1. The lowest BCUT2D eigenvalue weighted by molar-refractivity contribution is 0.423. The lowest BCUT2D eigenvalue weighted by atomic mass is 10.2. The fraction of sp³-hybridized carbons (Fsp3) is 0. The lowest BCUT2D eigenvalue weighted by Gasteiger charge is -2.08. The van der Waals surface area contributed by atoms with Gasteiger partial charge in [0, 0.05) is 12.1 Å². The number of hydrogen-bond acceptors (Lipinski definition) is 1. The Labute approximate surface area is 96.5 Å². The minimum Gasteiger partial charge on any atom is -0.457 e. The van der Waals surface area contributed by atoms with E-state index in [1.165, 1.54) is 0 Å². The summed E-state index contributed by atoms with van der Waals surface area (Å²) in [6, 6.07) is 8.30. The normalized spacial score (nSPS) is 10.4. The zero-order valence-electron chi connectivity index (χ0n) is 8.71. The first kappa shape index (κ1) is 11.5. The minimum absolute atomic E-state index is 0.113. The van der Waals surface area contributed by atoms with Gasteiger partial charge in [-0.25, -0.2) is 13.2 Å². The maximum absolute atomic E-state index is 12.9. The highest BCUT2D eigenvalue weighted by atomic mass is 19.2. The Hall–Kier alpha value is -1.97. The van der Waals surface area contributed by atoms with Crippen molar-refractivity contribution in [3.63, 3.8) is 0 Å². The molecule has 0 spiro atoms. The molecule has 0 fully saturated rings. The molecule has 0 atom stereocenters. The first-order valence-corrected chi connectivity index (χ1v) is 4.81. The predicted molar refractivity (Wildman–Crippen MR) is 57.3 cm³/mol. The Morgan fingerprint density at radius 3 is 2.12 bits per heavy atom. The van der Waals surface area contributed by atoms with Crippen LogP contribution in [-0.4, -0.2) is 0 Å². The second-order valence-electron chi connectivity index (χ2n) is 3.41. The van der Waals surface area contributed by atoms with E-state index in [1.54, 1.807) is 24.3 Å². The summed E-state index contributed by atoms with van der Waals surface area (Å²) >= 11 is 0. The Kier molecular flexibility index (Phi) is 3.04. The number of halogens is 3. The van der Waals surface area contributed by atoms with Crippen molar-refractivity contribution in [2.24, 2.45) is 0 Å². The largest absolute Gasteiger partial charge is 0.457 e. The zero-order chi connectivity index (χ0) is 12.4. The average Bonchev–Trinajstić information content (AvgIpc) is 2.29. The van der Waals surface area contributed by atoms with Gasteiger partial charge in [-0.2, -0.15) is 0 Å². The van der Waals surface area contributed by atoms with Crippen LogP contribution in [0.15, 0.2) is 36.4 Å². The zero-order valence-corrected chi connectivity index (χ0v) is 8.71. The summed E-state index contributed by atoms with van der Waals surface area (Å²) in [4.78, 5) is 0. The molecule has 1 nitrogen and oxygen atoms in total. The van der Waals surface area contributed by atoms with E-state index in [-0.39, 0.29) is 5.75 Å². The summed E-state index contributed by atoms with van der Waals surface area (Å²) in [5, 5.41) is 0. The monoisotopic (exact) mass is 237 g/mol. The fourth-order valence-corrected chi connectivity index (χ4v) is 1.32. The van der Waals surface area contributed by atoms with Crippen molar-refractivity contribution < 1.29 is 17.9 Å². The molecule has 0 amide bonds. The van der Waals surface area contributed by atoms with Crippen molar-refractivity contribution in [3.8, 4) is 11.5 Å². The fourth-order valence-electron chi connectivity index (χ4n) is 1.32. The Balaban J connectivity index is 2.34. The van der Waals surface area contributed by atoms with E-state index in [0.29, 0.717) is 11.3 Å². The predicted octanol–water partition coefficient (Wildman–Crippen LogP) is 4.08. The van der Waals surface area contributed by atoms with E-state index in [1.807, 2.05) is 0 Å².